The second kappa shape index (κ2) is 7.81. The summed E-state index contributed by atoms with van der Waals surface area (Å²) >= 11 is 9.38. The number of nitrogens with zero attached hydrogens (tertiary/aromatic N) is 1. The van der Waals surface area contributed by atoms with Crippen LogP contribution in [0.5, 0.6) is 5.75 Å². The Morgan fingerprint density at radius 1 is 1.25 bits per heavy atom. The number of ether oxygens (including phenoxy) is 1. The molecule has 0 fully saturated rings. The number of rotatable bonds is 4. The first-order valence-electron chi connectivity index (χ1n) is 7.65. The van der Waals surface area contributed by atoms with Crippen LogP contribution < -0.4 is 10.2 Å². The topological polar surface area (TPSA) is 50.7 Å². The summed E-state index contributed by atoms with van der Waals surface area (Å²) in [5.74, 6) is 0.148. The molecule has 0 saturated carbocycles. The van der Waals surface area contributed by atoms with Gasteiger partial charge in [0.05, 0.1) is 10.7 Å². The number of amides is 1. The number of aryl methyl sites for hydroxylation is 1. The normalized spacial score (nSPS) is 15.0. The zero-order valence-electron chi connectivity index (χ0n) is 12.9. The molecule has 0 atom stereocenters. The van der Waals surface area contributed by atoms with Crippen LogP contribution in [0.3, 0.4) is 0 Å². The molecule has 4 nitrogen and oxygen atoms in total. The lowest BCUT2D eigenvalue weighted by atomic mass is 9.90. The summed E-state index contributed by atoms with van der Waals surface area (Å²) in [6, 6.07) is 13.4. The van der Waals surface area contributed by atoms with Crippen LogP contribution in [0.4, 0.5) is 0 Å². The molecule has 124 valence electrons. The second-order valence-electron chi connectivity index (χ2n) is 5.47. The monoisotopic (exact) mass is 406 g/mol. The Morgan fingerprint density at radius 2 is 2.08 bits per heavy atom. The van der Waals surface area contributed by atoms with Gasteiger partial charge in [0.1, 0.15) is 5.75 Å². The van der Waals surface area contributed by atoms with E-state index < -0.39 is 0 Å². The van der Waals surface area contributed by atoms with E-state index in [4.69, 9.17) is 16.3 Å². The average Bonchev–Trinajstić information content (AvgIpc) is 2.59. The number of nitrogens with one attached hydrogen (secondary N) is 1. The number of fused-ring (bicyclic) bond motifs is 1. The Labute approximate surface area is 154 Å². The van der Waals surface area contributed by atoms with Crippen molar-refractivity contribution in [2.45, 2.75) is 19.3 Å². The van der Waals surface area contributed by atoms with Crippen molar-refractivity contribution in [3.05, 3.63) is 63.1 Å². The summed E-state index contributed by atoms with van der Waals surface area (Å²) in [5, 5.41) is 4.72. The van der Waals surface area contributed by atoms with Crippen molar-refractivity contribution in [3.8, 4) is 5.75 Å². The van der Waals surface area contributed by atoms with E-state index in [1.807, 2.05) is 18.2 Å². The summed E-state index contributed by atoms with van der Waals surface area (Å²) in [5.41, 5.74) is 5.86. The Bertz CT molecular complexity index is 792. The maximum absolute atomic E-state index is 12.0. The molecule has 6 heteroatoms. The smallest absolute Gasteiger partial charge is 0.277 e. The first kappa shape index (κ1) is 17.0. The summed E-state index contributed by atoms with van der Waals surface area (Å²) in [7, 11) is 0. The molecule has 0 heterocycles. The van der Waals surface area contributed by atoms with E-state index in [0.717, 1.165) is 35.0 Å². The lowest BCUT2D eigenvalue weighted by Gasteiger charge is -2.17. The van der Waals surface area contributed by atoms with Crippen molar-refractivity contribution in [1.29, 1.82) is 0 Å². The molecule has 0 bridgehead atoms. The van der Waals surface area contributed by atoms with Gasteiger partial charge in [-0.05, 0) is 43.0 Å². The van der Waals surface area contributed by atoms with Crippen LogP contribution in [0, 0.1) is 0 Å². The molecule has 1 N–H and O–H groups in total. The third-order valence-electron chi connectivity index (χ3n) is 3.76. The molecular formula is C18H16BrClN2O2. The molecule has 3 rings (SSSR count). The highest BCUT2D eigenvalue weighted by atomic mass is 79.9. The van der Waals surface area contributed by atoms with E-state index >= 15 is 0 Å². The van der Waals surface area contributed by atoms with Crippen LogP contribution in [-0.4, -0.2) is 18.2 Å². The first-order valence-corrected chi connectivity index (χ1v) is 8.82. The van der Waals surface area contributed by atoms with E-state index in [-0.39, 0.29) is 12.5 Å². The number of hydrogen-bond donors (Lipinski definition) is 1. The molecule has 0 radical (unpaired) electrons. The summed E-state index contributed by atoms with van der Waals surface area (Å²) < 4.78 is 6.28. The Balaban J connectivity index is 1.60. The molecule has 1 amide bonds. The van der Waals surface area contributed by atoms with Crippen molar-refractivity contribution in [3.63, 3.8) is 0 Å². The highest BCUT2D eigenvalue weighted by molar-refractivity contribution is 9.10. The molecule has 0 unspecified atom stereocenters. The maximum atomic E-state index is 12.0. The van der Waals surface area contributed by atoms with Gasteiger partial charge in [0.15, 0.2) is 6.61 Å². The summed E-state index contributed by atoms with van der Waals surface area (Å²) in [4.78, 5) is 12.0. The fourth-order valence-electron chi connectivity index (χ4n) is 2.61. The lowest BCUT2D eigenvalue weighted by molar-refractivity contribution is -0.123. The van der Waals surface area contributed by atoms with Gasteiger partial charge in [-0.3, -0.25) is 4.79 Å². The largest absolute Gasteiger partial charge is 0.482 e. The molecule has 2 aromatic carbocycles. The minimum Gasteiger partial charge on any atom is -0.482 e. The highest BCUT2D eigenvalue weighted by Gasteiger charge is 2.15. The van der Waals surface area contributed by atoms with Crippen LogP contribution in [-0.2, 0) is 11.2 Å². The third-order valence-corrected chi connectivity index (χ3v) is 4.54. The number of benzene rings is 2. The predicted octanol–water partition coefficient (Wildman–Crippen LogP) is 4.34. The van der Waals surface area contributed by atoms with Gasteiger partial charge in [-0.1, -0.05) is 51.8 Å². The molecule has 24 heavy (non-hydrogen) atoms. The first-order chi connectivity index (χ1) is 11.6. The molecular weight excluding hydrogens is 392 g/mol. The fraction of sp³-hybridized carbons (Fsp3) is 0.222. The maximum Gasteiger partial charge on any atom is 0.277 e. The molecule has 0 aliphatic heterocycles. The van der Waals surface area contributed by atoms with E-state index in [0.29, 0.717) is 10.8 Å². The van der Waals surface area contributed by atoms with Crippen molar-refractivity contribution in [2.24, 2.45) is 5.10 Å². The standard InChI is InChI=1S/C18H16BrClN2O2/c19-13-8-9-17(15(20)10-13)24-11-18(23)22-21-16-7-3-5-12-4-1-2-6-14(12)16/h1-2,4,6,8-10H,3,5,7,11H2,(H,22,23)/b21-16+. The average molecular weight is 408 g/mol. The van der Waals surface area contributed by atoms with Gasteiger partial charge in [0.2, 0.25) is 0 Å². The van der Waals surface area contributed by atoms with Gasteiger partial charge in [-0.25, -0.2) is 5.43 Å². The third kappa shape index (κ3) is 4.16. The summed E-state index contributed by atoms with van der Waals surface area (Å²) in [6.45, 7) is -0.139. The van der Waals surface area contributed by atoms with Crippen LogP contribution in [0.15, 0.2) is 52.0 Å². The Kier molecular flexibility index (Phi) is 5.53. The van der Waals surface area contributed by atoms with Gasteiger partial charge >= 0.3 is 0 Å². The van der Waals surface area contributed by atoms with Crippen LogP contribution >= 0.6 is 27.5 Å². The van der Waals surface area contributed by atoms with Crippen LogP contribution in [0.1, 0.15) is 24.0 Å². The number of carbonyl (C=O) groups is 1. The van der Waals surface area contributed by atoms with Crippen molar-refractivity contribution in [2.75, 3.05) is 6.61 Å². The molecule has 1 aliphatic carbocycles. The molecule has 0 spiro atoms. The minimum atomic E-state index is -0.315. The molecule has 1 aliphatic rings. The fourth-order valence-corrected chi connectivity index (χ4v) is 3.34. The molecule has 0 saturated heterocycles. The molecule has 0 aromatic heterocycles. The number of hydrazone groups is 1. The van der Waals surface area contributed by atoms with E-state index in [9.17, 15) is 4.79 Å². The highest BCUT2D eigenvalue weighted by Crippen LogP contribution is 2.27. The van der Waals surface area contributed by atoms with E-state index in [1.165, 1.54) is 5.56 Å². The summed E-state index contributed by atoms with van der Waals surface area (Å²) in [6.07, 6.45) is 2.95. The van der Waals surface area contributed by atoms with Crippen LogP contribution in [0.25, 0.3) is 0 Å². The Hall–Kier alpha value is -1.85. The number of halogens is 2. The zero-order valence-corrected chi connectivity index (χ0v) is 15.2. The number of hydrogen-bond acceptors (Lipinski definition) is 3. The van der Waals surface area contributed by atoms with Gasteiger partial charge in [-0.2, -0.15) is 5.10 Å². The SMILES string of the molecule is O=C(COc1ccc(Br)cc1Cl)N/N=C1\CCCc2ccccc21. The Morgan fingerprint density at radius 3 is 2.92 bits per heavy atom. The van der Waals surface area contributed by atoms with Crippen molar-refractivity contribution >= 4 is 39.1 Å². The van der Waals surface area contributed by atoms with E-state index in [2.05, 4.69) is 32.5 Å². The number of carbonyl (C=O) groups excluding carboxylic acids is 1. The van der Waals surface area contributed by atoms with Gasteiger partial charge in [0, 0.05) is 10.0 Å². The van der Waals surface area contributed by atoms with Crippen molar-refractivity contribution in [1.82, 2.24) is 5.43 Å². The quantitative estimate of drug-likeness (QED) is 0.767. The lowest BCUT2D eigenvalue weighted by Crippen LogP contribution is -2.27. The van der Waals surface area contributed by atoms with Gasteiger partial charge in [-0.15, -0.1) is 0 Å². The second-order valence-corrected chi connectivity index (χ2v) is 6.79. The van der Waals surface area contributed by atoms with Crippen molar-refractivity contribution < 1.29 is 9.53 Å². The zero-order chi connectivity index (χ0) is 16.9. The van der Waals surface area contributed by atoms with Gasteiger partial charge < -0.3 is 4.74 Å². The van der Waals surface area contributed by atoms with E-state index in [1.54, 1.807) is 18.2 Å². The predicted molar refractivity (Wildman–Crippen MR) is 98.7 cm³/mol. The minimum absolute atomic E-state index is 0.139. The van der Waals surface area contributed by atoms with Gasteiger partial charge in [0.25, 0.3) is 5.91 Å². The van der Waals surface area contributed by atoms with Crippen LogP contribution in [0.2, 0.25) is 5.02 Å². The molecule has 2 aromatic rings.